The van der Waals surface area contributed by atoms with E-state index < -0.39 is 0 Å². The second-order valence-corrected chi connectivity index (χ2v) is 4.22. The molecular weight excluding hydrogens is 262 g/mol. The van der Waals surface area contributed by atoms with Crippen molar-refractivity contribution in [3.63, 3.8) is 0 Å². The highest BCUT2D eigenvalue weighted by Gasteiger charge is 2.03. The molecule has 0 fully saturated rings. The summed E-state index contributed by atoms with van der Waals surface area (Å²) in [6.07, 6.45) is 2.05. The van der Waals surface area contributed by atoms with Gasteiger partial charge in [-0.15, -0.1) is 12.4 Å². The summed E-state index contributed by atoms with van der Waals surface area (Å²) < 4.78 is 7.14. The van der Waals surface area contributed by atoms with Gasteiger partial charge >= 0.3 is 0 Å². The molecule has 0 aliphatic rings. The van der Waals surface area contributed by atoms with Crippen LogP contribution in [-0.2, 0) is 13.1 Å². The number of hydrogen-bond donors (Lipinski definition) is 1. The zero-order valence-electron chi connectivity index (χ0n) is 11.5. The number of ether oxygens (including phenoxy) is 1. The fourth-order valence-electron chi connectivity index (χ4n) is 1.83. The molecule has 0 saturated heterocycles. The maximum atomic E-state index is 5.20. The lowest BCUT2D eigenvalue weighted by atomic mass is 10.2. The first-order valence-corrected chi connectivity index (χ1v) is 6.13. The van der Waals surface area contributed by atoms with Gasteiger partial charge in [-0.2, -0.15) is 5.10 Å². The highest BCUT2D eigenvalue weighted by Crippen LogP contribution is 2.16. The Morgan fingerprint density at radius 2 is 2.16 bits per heavy atom. The van der Waals surface area contributed by atoms with Crippen LogP contribution >= 0.6 is 12.4 Å². The molecule has 0 saturated carbocycles. The molecule has 0 bridgehead atoms. The highest BCUT2D eigenvalue weighted by atomic mass is 35.5. The van der Waals surface area contributed by atoms with Crippen molar-refractivity contribution in [3.05, 3.63) is 41.6 Å². The molecule has 0 atom stereocenters. The molecule has 2 rings (SSSR count). The topological polar surface area (TPSA) is 39.1 Å². The Labute approximate surface area is 120 Å². The van der Waals surface area contributed by atoms with Crippen molar-refractivity contribution in [1.82, 2.24) is 9.78 Å². The van der Waals surface area contributed by atoms with Gasteiger partial charge < -0.3 is 10.1 Å². The fourth-order valence-corrected chi connectivity index (χ4v) is 1.83. The second-order valence-electron chi connectivity index (χ2n) is 4.22. The number of halogens is 1. The predicted molar refractivity (Wildman–Crippen MR) is 80.2 cm³/mol. The number of rotatable bonds is 5. The van der Waals surface area contributed by atoms with E-state index in [0.29, 0.717) is 0 Å². The number of benzene rings is 1. The monoisotopic (exact) mass is 281 g/mol. The Hall–Kier alpha value is -1.68. The first kappa shape index (κ1) is 15.4. The quantitative estimate of drug-likeness (QED) is 0.914. The van der Waals surface area contributed by atoms with Gasteiger partial charge in [0.1, 0.15) is 5.75 Å². The molecule has 19 heavy (non-hydrogen) atoms. The standard InChI is InChI=1S/C14H19N3O.ClH/c1-4-17-10-11(2)14(16-17)15-9-12-6-5-7-13(8-12)18-3;/h5-8,10H,4,9H2,1-3H3,(H,15,16);1H. The van der Waals surface area contributed by atoms with E-state index in [0.717, 1.165) is 24.7 Å². The van der Waals surface area contributed by atoms with Gasteiger partial charge in [0.2, 0.25) is 0 Å². The van der Waals surface area contributed by atoms with E-state index in [1.807, 2.05) is 29.1 Å². The molecule has 0 unspecified atom stereocenters. The van der Waals surface area contributed by atoms with Gasteiger partial charge in [-0.3, -0.25) is 4.68 Å². The summed E-state index contributed by atoms with van der Waals surface area (Å²) >= 11 is 0. The smallest absolute Gasteiger partial charge is 0.151 e. The van der Waals surface area contributed by atoms with Crippen LogP contribution in [0.4, 0.5) is 5.82 Å². The molecule has 0 spiro atoms. The number of nitrogens with one attached hydrogen (secondary N) is 1. The number of methoxy groups -OCH3 is 1. The summed E-state index contributed by atoms with van der Waals surface area (Å²) in [6.45, 7) is 5.78. The summed E-state index contributed by atoms with van der Waals surface area (Å²) in [4.78, 5) is 0. The van der Waals surface area contributed by atoms with E-state index in [2.05, 4.69) is 30.3 Å². The lowest BCUT2D eigenvalue weighted by molar-refractivity contribution is 0.414. The number of nitrogens with zero attached hydrogens (tertiary/aromatic N) is 2. The van der Waals surface area contributed by atoms with Crippen LogP contribution in [0.2, 0.25) is 0 Å². The van der Waals surface area contributed by atoms with Gasteiger partial charge in [-0.1, -0.05) is 12.1 Å². The summed E-state index contributed by atoms with van der Waals surface area (Å²) in [7, 11) is 1.68. The van der Waals surface area contributed by atoms with Gasteiger partial charge in [0.15, 0.2) is 5.82 Å². The normalized spacial score (nSPS) is 9.84. The van der Waals surface area contributed by atoms with E-state index in [1.165, 1.54) is 11.1 Å². The third-order valence-electron chi connectivity index (χ3n) is 2.86. The van der Waals surface area contributed by atoms with Gasteiger partial charge in [-0.05, 0) is 31.5 Å². The van der Waals surface area contributed by atoms with Crippen LogP contribution in [0.5, 0.6) is 5.75 Å². The van der Waals surface area contributed by atoms with Crippen molar-refractivity contribution >= 4 is 18.2 Å². The highest BCUT2D eigenvalue weighted by molar-refractivity contribution is 5.85. The van der Waals surface area contributed by atoms with Crippen molar-refractivity contribution in [1.29, 1.82) is 0 Å². The van der Waals surface area contributed by atoms with Crippen LogP contribution in [0, 0.1) is 6.92 Å². The van der Waals surface area contributed by atoms with Crippen molar-refractivity contribution in [2.45, 2.75) is 26.9 Å². The molecular formula is C14H20ClN3O. The van der Waals surface area contributed by atoms with Crippen molar-refractivity contribution in [3.8, 4) is 5.75 Å². The number of aromatic nitrogens is 2. The van der Waals surface area contributed by atoms with Crippen LogP contribution < -0.4 is 10.1 Å². The minimum absolute atomic E-state index is 0. The molecule has 0 radical (unpaired) electrons. The Kier molecular flexibility index (Phi) is 5.70. The molecule has 4 nitrogen and oxygen atoms in total. The van der Waals surface area contributed by atoms with Gasteiger partial charge in [0.25, 0.3) is 0 Å². The predicted octanol–water partition coefficient (Wildman–Crippen LogP) is 3.25. The summed E-state index contributed by atoms with van der Waals surface area (Å²) in [5, 5.41) is 7.81. The largest absolute Gasteiger partial charge is 0.497 e. The number of hydrogen-bond acceptors (Lipinski definition) is 3. The molecule has 5 heteroatoms. The maximum absolute atomic E-state index is 5.20. The Morgan fingerprint density at radius 3 is 2.79 bits per heavy atom. The van der Waals surface area contributed by atoms with E-state index in [1.54, 1.807) is 7.11 Å². The van der Waals surface area contributed by atoms with Crippen LogP contribution in [0.15, 0.2) is 30.5 Å². The van der Waals surface area contributed by atoms with Gasteiger partial charge in [0, 0.05) is 24.8 Å². The fraction of sp³-hybridized carbons (Fsp3) is 0.357. The Bertz CT molecular complexity index is 525. The lowest BCUT2D eigenvalue weighted by Crippen LogP contribution is -2.02. The van der Waals surface area contributed by atoms with E-state index in [4.69, 9.17) is 4.74 Å². The third-order valence-corrected chi connectivity index (χ3v) is 2.86. The first-order chi connectivity index (χ1) is 8.72. The van der Waals surface area contributed by atoms with Crippen molar-refractivity contribution in [2.75, 3.05) is 12.4 Å². The minimum atomic E-state index is 0. The summed E-state index contributed by atoms with van der Waals surface area (Å²) in [5.74, 6) is 1.82. The molecule has 0 amide bonds. The van der Waals surface area contributed by atoms with Crippen LogP contribution in [0.25, 0.3) is 0 Å². The molecule has 1 aromatic heterocycles. The first-order valence-electron chi connectivity index (χ1n) is 6.13. The van der Waals surface area contributed by atoms with E-state index in [9.17, 15) is 0 Å². The molecule has 0 aliphatic heterocycles. The van der Waals surface area contributed by atoms with Crippen LogP contribution in [-0.4, -0.2) is 16.9 Å². The second kappa shape index (κ2) is 7.04. The van der Waals surface area contributed by atoms with E-state index in [-0.39, 0.29) is 12.4 Å². The van der Waals surface area contributed by atoms with Crippen LogP contribution in [0.1, 0.15) is 18.1 Å². The molecule has 0 aliphatic carbocycles. The molecule has 1 aromatic carbocycles. The molecule has 2 aromatic rings. The van der Waals surface area contributed by atoms with Crippen LogP contribution in [0.3, 0.4) is 0 Å². The number of aryl methyl sites for hydroxylation is 2. The zero-order valence-corrected chi connectivity index (χ0v) is 12.3. The minimum Gasteiger partial charge on any atom is -0.497 e. The SMILES string of the molecule is CCn1cc(C)c(NCc2cccc(OC)c2)n1.Cl. The summed E-state index contributed by atoms with van der Waals surface area (Å²) in [5.41, 5.74) is 2.35. The molecule has 1 heterocycles. The molecule has 104 valence electrons. The zero-order chi connectivity index (χ0) is 13.0. The third kappa shape index (κ3) is 3.89. The summed E-state index contributed by atoms with van der Waals surface area (Å²) in [6, 6.07) is 8.04. The average Bonchev–Trinajstić information content (AvgIpc) is 2.77. The van der Waals surface area contributed by atoms with Crippen molar-refractivity contribution in [2.24, 2.45) is 0 Å². The molecule has 1 N–H and O–H groups in total. The number of anilines is 1. The lowest BCUT2D eigenvalue weighted by Gasteiger charge is -2.06. The average molecular weight is 282 g/mol. The van der Waals surface area contributed by atoms with Gasteiger partial charge in [-0.25, -0.2) is 0 Å². The van der Waals surface area contributed by atoms with E-state index >= 15 is 0 Å². The van der Waals surface area contributed by atoms with Crippen molar-refractivity contribution < 1.29 is 4.74 Å². The maximum Gasteiger partial charge on any atom is 0.151 e. The Balaban J connectivity index is 0.00000180. The Morgan fingerprint density at radius 1 is 1.37 bits per heavy atom. The van der Waals surface area contributed by atoms with Gasteiger partial charge in [0.05, 0.1) is 7.11 Å².